The third kappa shape index (κ3) is 7.15. The number of hydrogen-bond donors (Lipinski definition) is 0. The van der Waals surface area contributed by atoms with Gasteiger partial charge in [0.25, 0.3) is 0 Å². The van der Waals surface area contributed by atoms with Gasteiger partial charge >= 0.3 is 0 Å². The van der Waals surface area contributed by atoms with Gasteiger partial charge in [-0.1, -0.05) is 53.7 Å². The second-order valence-electron chi connectivity index (χ2n) is 6.29. The van der Waals surface area contributed by atoms with Crippen molar-refractivity contribution in [3.63, 3.8) is 0 Å². The highest BCUT2D eigenvalue weighted by atomic mass is 79.9. The molecule has 0 atom stereocenters. The lowest BCUT2D eigenvalue weighted by Gasteiger charge is -2.14. The van der Waals surface area contributed by atoms with Gasteiger partial charge in [-0.25, -0.2) is 0 Å². The van der Waals surface area contributed by atoms with Gasteiger partial charge in [-0.3, -0.25) is 4.90 Å². The fourth-order valence-corrected chi connectivity index (χ4v) is 3.38. The van der Waals surface area contributed by atoms with E-state index in [0.717, 1.165) is 24.2 Å². The Kier molecular flexibility index (Phi) is 8.96. The molecule has 1 heterocycles. The van der Waals surface area contributed by atoms with E-state index >= 15 is 0 Å². The Balaban J connectivity index is 1.54. The maximum Gasteiger partial charge on any atom is 0.119 e. The summed E-state index contributed by atoms with van der Waals surface area (Å²) in [6.45, 7) is 4.46. The number of nitrogens with zero attached hydrogens (tertiary/aromatic N) is 1. The van der Waals surface area contributed by atoms with Crippen molar-refractivity contribution >= 4 is 15.9 Å². The van der Waals surface area contributed by atoms with Gasteiger partial charge in [-0.2, -0.15) is 0 Å². The lowest BCUT2D eigenvalue weighted by molar-refractivity contribution is 0.303. The highest BCUT2D eigenvalue weighted by Gasteiger charge is 2.11. The van der Waals surface area contributed by atoms with Crippen molar-refractivity contribution in [3.8, 4) is 5.75 Å². The first kappa shape index (κ1) is 17.8. The molecule has 0 N–H and O–H groups in total. The average Bonchev–Trinajstić information content (AvgIpc) is 3.04. The minimum atomic E-state index is 0.851. The smallest absolute Gasteiger partial charge is 0.119 e. The fourth-order valence-electron chi connectivity index (χ4n) is 2.98. The van der Waals surface area contributed by atoms with Crippen molar-refractivity contribution in [1.82, 2.24) is 4.90 Å². The molecule has 2 nitrogen and oxygen atoms in total. The Morgan fingerprint density at radius 3 is 2.18 bits per heavy atom. The summed E-state index contributed by atoms with van der Waals surface area (Å²) >= 11 is 3.48. The van der Waals surface area contributed by atoms with E-state index < -0.39 is 0 Å². The third-order valence-corrected chi connectivity index (χ3v) is 4.89. The van der Waals surface area contributed by atoms with Gasteiger partial charge in [0, 0.05) is 11.9 Å². The molecule has 1 aromatic rings. The summed E-state index contributed by atoms with van der Waals surface area (Å²) in [5, 5.41) is 1.14. The minimum Gasteiger partial charge on any atom is -0.494 e. The largest absolute Gasteiger partial charge is 0.494 e. The lowest BCUT2D eigenvalue weighted by Crippen LogP contribution is -2.18. The van der Waals surface area contributed by atoms with Crippen LogP contribution in [0, 0.1) is 0 Å². The molecule has 1 aliphatic rings. The number of ether oxygens (including phenoxy) is 1. The molecule has 0 radical (unpaired) electrons. The molecule has 124 valence electrons. The zero-order valence-electron chi connectivity index (χ0n) is 13.7. The molecule has 0 unspecified atom stereocenters. The molecule has 1 fully saturated rings. The second-order valence-corrected chi connectivity index (χ2v) is 7.08. The molecule has 2 rings (SSSR count). The topological polar surface area (TPSA) is 12.5 Å². The molecule has 3 heteroatoms. The van der Waals surface area contributed by atoms with Crippen molar-refractivity contribution in [2.24, 2.45) is 0 Å². The molecule has 0 spiro atoms. The second kappa shape index (κ2) is 11.1. The van der Waals surface area contributed by atoms with Crippen LogP contribution in [0.4, 0.5) is 0 Å². The molecule has 0 amide bonds. The Morgan fingerprint density at radius 1 is 0.864 bits per heavy atom. The van der Waals surface area contributed by atoms with Crippen molar-refractivity contribution in [3.05, 3.63) is 29.8 Å². The van der Waals surface area contributed by atoms with Gasteiger partial charge in [0.1, 0.15) is 5.75 Å². The van der Waals surface area contributed by atoms with E-state index in [-0.39, 0.29) is 0 Å². The summed E-state index contributed by atoms with van der Waals surface area (Å²) in [5.74, 6) is 1.02. The summed E-state index contributed by atoms with van der Waals surface area (Å²) < 4.78 is 5.84. The molecule has 0 bridgehead atoms. The molecule has 1 aliphatic heterocycles. The summed E-state index contributed by atoms with van der Waals surface area (Å²) in [6.07, 6.45) is 10.5. The maximum absolute atomic E-state index is 5.84. The number of likely N-dealkylation sites (tertiary alicyclic amines) is 1. The van der Waals surface area contributed by atoms with Crippen molar-refractivity contribution in [2.75, 3.05) is 25.0 Å². The van der Waals surface area contributed by atoms with Crippen LogP contribution in [0.3, 0.4) is 0 Å². The Hall–Kier alpha value is -0.540. The summed E-state index contributed by atoms with van der Waals surface area (Å²) in [5.41, 5.74) is 1.40. The van der Waals surface area contributed by atoms with E-state index in [1.54, 1.807) is 0 Å². The van der Waals surface area contributed by atoms with Crippen molar-refractivity contribution in [1.29, 1.82) is 0 Å². The number of rotatable bonds is 11. The van der Waals surface area contributed by atoms with Crippen LogP contribution in [0.15, 0.2) is 24.3 Å². The van der Waals surface area contributed by atoms with E-state index in [0.29, 0.717) is 0 Å². The van der Waals surface area contributed by atoms with Crippen LogP contribution in [0.2, 0.25) is 0 Å². The zero-order valence-corrected chi connectivity index (χ0v) is 15.3. The quantitative estimate of drug-likeness (QED) is 0.383. The number of alkyl halides is 1. The predicted molar refractivity (Wildman–Crippen MR) is 97.9 cm³/mol. The van der Waals surface area contributed by atoms with Gasteiger partial charge in [0.15, 0.2) is 0 Å². The fraction of sp³-hybridized carbons (Fsp3) is 0.684. The van der Waals surface area contributed by atoms with E-state index in [2.05, 4.69) is 45.1 Å². The first-order valence-electron chi connectivity index (χ1n) is 8.88. The molecule has 1 saturated heterocycles. The van der Waals surface area contributed by atoms with Crippen LogP contribution in [0.1, 0.15) is 56.9 Å². The van der Waals surface area contributed by atoms with Crippen LogP contribution in [-0.2, 0) is 6.54 Å². The van der Waals surface area contributed by atoms with Gasteiger partial charge in [-0.05, 0) is 56.5 Å². The van der Waals surface area contributed by atoms with E-state index in [1.165, 1.54) is 70.0 Å². The normalized spacial score (nSPS) is 15.3. The van der Waals surface area contributed by atoms with E-state index in [9.17, 15) is 0 Å². The minimum absolute atomic E-state index is 0.851. The van der Waals surface area contributed by atoms with Crippen molar-refractivity contribution in [2.45, 2.75) is 57.9 Å². The standard InChI is InChI=1S/C19H30BrNO/c20-13-5-3-1-2-4-8-16-22-19-11-9-18(10-12-19)17-21-14-6-7-15-21/h9-12H,1-8,13-17H2. The highest BCUT2D eigenvalue weighted by molar-refractivity contribution is 9.09. The Labute approximate surface area is 144 Å². The zero-order chi connectivity index (χ0) is 15.5. The lowest BCUT2D eigenvalue weighted by atomic mass is 10.1. The van der Waals surface area contributed by atoms with E-state index in [4.69, 9.17) is 4.74 Å². The molecule has 22 heavy (non-hydrogen) atoms. The molecule has 0 aliphatic carbocycles. The summed E-state index contributed by atoms with van der Waals surface area (Å²) in [7, 11) is 0. The molecule has 0 saturated carbocycles. The van der Waals surface area contributed by atoms with Gasteiger partial charge in [0.2, 0.25) is 0 Å². The third-order valence-electron chi connectivity index (χ3n) is 4.32. The maximum atomic E-state index is 5.84. The highest BCUT2D eigenvalue weighted by Crippen LogP contribution is 2.17. The van der Waals surface area contributed by atoms with Gasteiger partial charge in [-0.15, -0.1) is 0 Å². The van der Waals surface area contributed by atoms with Crippen LogP contribution in [0.25, 0.3) is 0 Å². The average molecular weight is 368 g/mol. The molecule has 1 aromatic carbocycles. The molecular weight excluding hydrogens is 338 g/mol. The SMILES string of the molecule is BrCCCCCCCCOc1ccc(CN2CCCC2)cc1. The van der Waals surface area contributed by atoms with Gasteiger partial charge in [0.05, 0.1) is 6.61 Å². The van der Waals surface area contributed by atoms with E-state index in [1.807, 2.05) is 0 Å². The monoisotopic (exact) mass is 367 g/mol. The van der Waals surface area contributed by atoms with Crippen LogP contribution >= 0.6 is 15.9 Å². The number of hydrogen-bond acceptors (Lipinski definition) is 2. The van der Waals surface area contributed by atoms with Crippen LogP contribution < -0.4 is 4.74 Å². The Bertz CT molecular complexity index is 387. The molecule has 0 aromatic heterocycles. The van der Waals surface area contributed by atoms with Gasteiger partial charge < -0.3 is 4.74 Å². The van der Waals surface area contributed by atoms with Crippen molar-refractivity contribution < 1.29 is 4.74 Å². The van der Waals surface area contributed by atoms with Crippen LogP contribution in [0.5, 0.6) is 5.75 Å². The number of benzene rings is 1. The first-order chi connectivity index (χ1) is 10.9. The first-order valence-corrected chi connectivity index (χ1v) is 10.0. The summed E-state index contributed by atoms with van der Waals surface area (Å²) in [4.78, 5) is 2.53. The molecular formula is C19H30BrNO. The number of halogens is 1. The predicted octanol–water partition coefficient (Wildman–Crippen LogP) is 5.40. The Morgan fingerprint density at radius 2 is 1.50 bits per heavy atom. The summed E-state index contributed by atoms with van der Waals surface area (Å²) in [6, 6.07) is 8.69. The van der Waals surface area contributed by atoms with Crippen LogP contribution in [-0.4, -0.2) is 29.9 Å². The number of unbranched alkanes of at least 4 members (excludes halogenated alkanes) is 5.